The second-order valence-corrected chi connectivity index (χ2v) is 1.62. The molecule has 0 bridgehead atoms. The van der Waals surface area contributed by atoms with Gasteiger partial charge in [-0.15, -0.1) is 6.42 Å². The monoisotopic (exact) mass is 122 g/mol. The largest absolute Gasteiger partial charge is 0.280 e. The molecule has 0 saturated carbocycles. The lowest BCUT2D eigenvalue weighted by Gasteiger charge is -1.89. The van der Waals surface area contributed by atoms with Gasteiger partial charge >= 0.3 is 0 Å². The van der Waals surface area contributed by atoms with Crippen molar-refractivity contribution in [2.45, 2.75) is 6.54 Å². The number of nitrogens with zero attached hydrogens (tertiary/aromatic N) is 1. The molecule has 46 valence electrons. The summed E-state index contributed by atoms with van der Waals surface area (Å²) in [5.41, 5.74) is -0.120. The van der Waals surface area contributed by atoms with Crippen LogP contribution in [0.5, 0.6) is 0 Å². The van der Waals surface area contributed by atoms with Gasteiger partial charge in [-0.3, -0.25) is 14.6 Å². The van der Waals surface area contributed by atoms with E-state index in [0.29, 0.717) is 6.54 Å². The minimum Gasteiger partial charge on any atom is -0.280 e. The highest BCUT2D eigenvalue weighted by Crippen LogP contribution is 1.74. The van der Waals surface area contributed by atoms with Crippen molar-refractivity contribution in [3.05, 3.63) is 22.6 Å². The Balaban J connectivity index is 2.88. The van der Waals surface area contributed by atoms with Gasteiger partial charge in [0.25, 0.3) is 5.56 Å². The van der Waals surface area contributed by atoms with E-state index in [1.165, 1.54) is 6.07 Å². The maximum Gasteiger partial charge on any atom is 0.264 e. The summed E-state index contributed by atoms with van der Waals surface area (Å²) in [4.78, 5) is 10.4. The molecule has 3 heteroatoms. The second-order valence-electron chi connectivity index (χ2n) is 1.62. The van der Waals surface area contributed by atoms with Crippen LogP contribution in [0.25, 0.3) is 0 Å². The first-order chi connectivity index (χ1) is 4.33. The topological polar surface area (TPSA) is 37.8 Å². The highest BCUT2D eigenvalue weighted by molar-refractivity contribution is 4.87. The van der Waals surface area contributed by atoms with Crippen LogP contribution in [0.2, 0.25) is 0 Å². The highest BCUT2D eigenvalue weighted by atomic mass is 16.1. The summed E-state index contributed by atoms with van der Waals surface area (Å²) in [5, 5.41) is 2.50. The van der Waals surface area contributed by atoms with E-state index in [1.54, 1.807) is 10.9 Å². The maximum absolute atomic E-state index is 10.4. The van der Waals surface area contributed by atoms with Gasteiger partial charge in [-0.05, 0) is 0 Å². The predicted molar refractivity (Wildman–Crippen MR) is 33.9 cm³/mol. The molecule has 0 amide bonds. The quantitative estimate of drug-likeness (QED) is 0.515. The zero-order chi connectivity index (χ0) is 6.69. The number of hydrogen-bond donors (Lipinski definition) is 1. The van der Waals surface area contributed by atoms with E-state index in [2.05, 4.69) is 11.0 Å². The first-order valence-corrected chi connectivity index (χ1v) is 2.52. The normalized spacial score (nSPS) is 8.78. The lowest BCUT2D eigenvalue weighted by Crippen LogP contribution is -2.03. The van der Waals surface area contributed by atoms with Crippen LogP contribution in [0, 0.1) is 12.3 Å². The molecule has 0 saturated heterocycles. The van der Waals surface area contributed by atoms with Gasteiger partial charge in [0.2, 0.25) is 0 Å². The molecule has 1 rings (SSSR count). The first-order valence-electron chi connectivity index (χ1n) is 2.52. The summed E-state index contributed by atoms with van der Waals surface area (Å²) in [6.07, 6.45) is 6.59. The fraction of sp³-hybridized carbons (Fsp3) is 0.167. The van der Waals surface area contributed by atoms with E-state index in [1.807, 2.05) is 0 Å². The fourth-order valence-corrected chi connectivity index (χ4v) is 0.564. The summed E-state index contributed by atoms with van der Waals surface area (Å²) in [5.74, 6) is 2.39. The predicted octanol–water partition coefficient (Wildman–Crippen LogP) is -0.190. The number of aromatic nitrogens is 2. The zero-order valence-corrected chi connectivity index (χ0v) is 4.79. The van der Waals surface area contributed by atoms with Crippen LogP contribution in [0.3, 0.4) is 0 Å². The van der Waals surface area contributed by atoms with Gasteiger partial charge in [0.15, 0.2) is 0 Å². The van der Waals surface area contributed by atoms with Crippen LogP contribution in [-0.4, -0.2) is 9.78 Å². The molecule has 0 unspecified atom stereocenters. The van der Waals surface area contributed by atoms with Crippen molar-refractivity contribution in [1.29, 1.82) is 0 Å². The Kier molecular flexibility index (Phi) is 1.41. The smallest absolute Gasteiger partial charge is 0.264 e. The Labute approximate surface area is 52.3 Å². The average molecular weight is 122 g/mol. The van der Waals surface area contributed by atoms with Crippen LogP contribution in [-0.2, 0) is 6.54 Å². The Hall–Kier alpha value is -1.43. The van der Waals surface area contributed by atoms with Gasteiger partial charge in [0.05, 0.1) is 6.54 Å². The summed E-state index contributed by atoms with van der Waals surface area (Å²) in [7, 11) is 0. The highest BCUT2D eigenvalue weighted by Gasteiger charge is 1.84. The van der Waals surface area contributed by atoms with Crippen molar-refractivity contribution in [2.75, 3.05) is 0 Å². The van der Waals surface area contributed by atoms with Crippen LogP contribution in [0.1, 0.15) is 0 Å². The van der Waals surface area contributed by atoms with Crippen molar-refractivity contribution < 1.29 is 0 Å². The molecule has 3 nitrogen and oxygen atoms in total. The molecule has 0 aliphatic rings. The van der Waals surface area contributed by atoms with Crippen molar-refractivity contribution in [2.24, 2.45) is 0 Å². The number of aromatic amines is 1. The molecule has 0 spiro atoms. The number of terminal acetylenes is 1. The van der Waals surface area contributed by atoms with Gasteiger partial charge in [0.1, 0.15) is 0 Å². The van der Waals surface area contributed by atoms with E-state index in [0.717, 1.165) is 0 Å². The van der Waals surface area contributed by atoms with E-state index in [-0.39, 0.29) is 5.56 Å². The van der Waals surface area contributed by atoms with Crippen LogP contribution >= 0.6 is 0 Å². The third-order valence-electron chi connectivity index (χ3n) is 0.921. The molecule has 1 N–H and O–H groups in total. The summed E-state index contributed by atoms with van der Waals surface area (Å²) >= 11 is 0. The van der Waals surface area contributed by atoms with E-state index in [4.69, 9.17) is 6.42 Å². The van der Waals surface area contributed by atoms with E-state index in [9.17, 15) is 4.79 Å². The third kappa shape index (κ3) is 1.23. The Morgan fingerprint density at radius 2 is 2.67 bits per heavy atom. The molecule has 1 heterocycles. The molecule has 0 radical (unpaired) electrons. The lowest BCUT2D eigenvalue weighted by atomic mass is 10.7. The van der Waals surface area contributed by atoms with Gasteiger partial charge in [-0.2, -0.15) is 0 Å². The number of nitrogens with one attached hydrogen (secondary N) is 1. The molecule has 9 heavy (non-hydrogen) atoms. The summed E-state index contributed by atoms with van der Waals surface area (Å²) in [6.45, 7) is 0.419. The van der Waals surface area contributed by atoms with Gasteiger partial charge < -0.3 is 0 Å². The Bertz CT molecular complexity index is 276. The first kappa shape index (κ1) is 5.70. The minimum absolute atomic E-state index is 0.120. The SMILES string of the molecule is C#CCn1ccc(=O)[nH]1. The number of rotatable bonds is 1. The molecule has 0 atom stereocenters. The molecule has 0 aliphatic heterocycles. The number of hydrogen-bond acceptors (Lipinski definition) is 1. The molecular weight excluding hydrogens is 116 g/mol. The van der Waals surface area contributed by atoms with E-state index < -0.39 is 0 Å². The second kappa shape index (κ2) is 2.23. The Morgan fingerprint density at radius 3 is 3.11 bits per heavy atom. The molecule has 1 aromatic rings. The lowest BCUT2D eigenvalue weighted by molar-refractivity contribution is 0.706. The van der Waals surface area contributed by atoms with E-state index >= 15 is 0 Å². The molecule has 0 fully saturated rings. The summed E-state index contributed by atoms with van der Waals surface area (Å²) in [6, 6.07) is 1.43. The van der Waals surface area contributed by atoms with Crippen LogP contribution in [0.4, 0.5) is 0 Å². The van der Waals surface area contributed by atoms with Gasteiger partial charge in [-0.25, -0.2) is 0 Å². The van der Waals surface area contributed by atoms with Crippen molar-refractivity contribution in [3.63, 3.8) is 0 Å². The Morgan fingerprint density at radius 1 is 1.89 bits per heavy atom. The standard InChI is InChI=1S/C6H6N2O/c1-2-4-8-5-3-6(9)7-8/h1,3,5H,4H2,(H,7,9). The zero-order valence-electron chi connectivity index (χ0n) is 4.79. The molecule has 0 aliphatic carbocycles. The van der Waals surface area contributed by atoms with Crippen LogP contribution < -0.4 is 5.56 Å². The number of H-pyrrole nitrogens is 1. The minimum atomic E-state index is -0.120. The fourth-order valence-electron chi connectivity index (χ4n) is 0.564. The maximum atomic E-state index is 10.4. The molecular formula is C6H6N2O. The van der Waals surface area contributed by atoms with Crippen LogP contribution in [0.15, 0.2) is 17.1 Å². The van der Waals surface area contributed by atoms with Crippen molar-refractivity contribution >= 4 is 0 Å². The summed E-state index contributed by atoms with van der Waals surface area (Å²) < 4.78 is 1.54. The average Bonchev–Trinajstić information content (AvgIpc) is 2.17. The van der Waals surface area contributed by atoms with Gasteiger partial charge in [0, 0.05) is 12.3 Å². The van der Waals surface area contributed by atoms with Gasteiger partial charge in [-0.1, -0.05) is 5.92 Å². The van der Waals surface area contributed by atoms with Crippen molar-refractivity contribution in [1.82, 2.24) is 9.78 Å². The molecule has 0 aromatic carbocycles. The molecule has 1 aromatic heterocycles. The van der Waals surface area contributed by atoms with Crippen molar-refractivity contribution in [3.8, 4) is 12.3 Å². The third-order valence-corrected chi connectivity index (χ3v) is 0.921.